The molecule has 3 aromatic heterocycles. The minimum Gasteiger partial charge on any atom is -0.477 e. The van der Waals surface area contributed by atoms with Gasteiger partial charge in [-0.3, -0.25) is 9.48 Å². The number of aryl methyl sites for hydroxylation is 2. The predicted molar refractivity (Wildman–Crippen MR) is 160 cm³/mol. The van der Waals surface area contributed by atoms with E-state index in [0.29, 0.717) is 42.3 Å². The summed E-state index contributed by atoms with van der Waals surface area (Å²) >= 11 is 0. The number of carbonyl (C=O) groups is 1. The summed E-state index contributed by atoms with van der Waals surface area (Å²) in [6.07, 6.45) is 11.9. The number of rotatable bonds is 10. The largest absolute Gasteiger partial charge is 0.477 e. The summed E-state index contributed by atoms with van der Waals surface area (Å²) in [5.74, 6) is 2.16. The van der Waals surface area contributed by atoms with Gasteiger partial charge in [-0.25, -0.2) is 32.8 Å². The van der Waals surface area contributed by atoms with Gasteiger partial charge in [-0.1, -0.05) is 6.92 Å². The van der Waals surface area contributed by atoms with Crippen molar-refractivity contribution in [3.8, 4) is 11.7 Å². The number of nitrogens with one attached hydrogen (secondary N) is 1. The number of carbonyl (C=O) groups excluding carboxylic acids is 1. The van der Waals surface area contributed by atoms with Gasteiger partial charge in [0.1, 0.15) is 10.7 Å². The minimum atomic E-state index is -4.14. The van der Waals surface area contributed by atoms with Crippen LogP contribution in [0.15, 0.2) is 35.5 Å². The molecular weight excluding hydrogens is 550 g/mol. The Balaban J connectivity index is 1.63. The van der Waals surface area contributed by atoms with E-state index in [1.54, 1.807) is 43.0 Å². The number of pyridine rings is 1. The van der Waals surface area contributed by atoms with Crippen molar-refractivity contribution in [2.75, 3.05) is 42.6 Å². The van der Waals surface area contributed by atoms with Crippen LogP contribution in [0.2, 0.25) is 0 Å². The van der Waals surface area contributed by atoms with Crippen LogP contribution in [0, 0.1) is 12.8 Å². The second-order valence-corrected chi connectivity index (χ2v) is 18.3. The summed E-state index contributed by atoms with van der Waals surface area (Å²) in [6, 6.07) is 5.05. The van der Waals surface area contributed by atoms with Crippen molar-refractivity contribution in [3.63, 3.8) is 0 Å². The van der Waals surface area contributed by atoms with E-state index in [2.05, 4.69) is 59.4 Å². The van der Waals surface area contributed by atoms with E-state index in [0.717, 1.165) is 18.6 Å². The highest BCUT2D eigenvalue weighted by molar-refractivity contribution is 8.32. The van der Waals surface area contributed by atoms with Crippen LogP contribution in [-0.2, 0) is 17.1 Å². The van der Waals surface area contributed by atoms with Gasteiger partial charge in [0.15, 0.2) is 5.82 Å². The smallest absolute Gasteiger partial charge is 0.268 e. The van der Waals surface area contributed by atoms with Crippen molar-refractivity contribution in [1.82, 2.24) is 29.3 Å². The first-order valence-corrected chi connectivity index (χ1v) is 17.8. The third kappa shape index (κ3) is 6.80. The molecule has 4 heterocycles. The van der Waals surface area contributed by atoms with E-state index in [9.17, 15) is 13.2 Å². The van der Waals surface area contributed by atoms with Crippen LogP contribution in [0.1, 0.15) is 49.7 Å². The molecule has 1 fully saturated rings. The lowest BCUT2D eigenvalue weighted by molar-refractivity contribution is 0.0981. The van der Waals surface area contributed by atoms with E-state index in [-0.39, 0.29) is 16.0 Å². The zero-order chi connectivity index (χ0) is 29.5. The van der Waals surface area contributed by atoms with E-state index < -0.39 is 26.0 Å². The number of ether oxygens (including phenoxy) is 1. The second-order valence-electron chi connectivity index (χ2n) is 12.1. The van der Waals surface area contributed by atoms with Crippen LogP contribution < -0.4 is 14.4 Å². The molecule has 4 rings (SSSR count). The van der Waals surface area contributed by atoms with E-state index in [1.165, 1.54) is 10.9 Å². The Morgan fingerprint density at radius 1 is 1.18 bits per heavy atom. The molecule has 0 aliphatic carbocycles. The van der Waals surface area contributed by atoms with Crippen LogP contribution in [0.3, 0.4) is 0 Å². The van der Waals surface area contributed by atoms with Crippen molar-refractivity contribution in [2.24, 2.45) is 13.0 Å². The summed E-state index contributed by atoms with van der Waals surface area (Å²) in [7, 11) is -3.09. The van der Waals surface area contributed by atoms with Gasteiger partial charge < -0.3 is 9.64 Å². The molecule has 1 atom stereocenters. The molecule has 1 saturated heterocycles. The molecule has 11 nitrogen and oxygen atoms in total. The van der Waals surface area contributed by atoms with Gasteiger partial charge in [-0.2, -0.15) is 5.10 Å². The van der Waals surface area contributed by atoms with Crippen molar-refractivity contribution >= 4 is 31.8 Å². The summed E-state index contributed by atoms with van der Waals surface area (Å²) in [6.45, 7) is 9.20. The van der Waals surface area contributed by atoms with Crippen molar-refractivity contribution in [3.05, 3.63) is 41.9 Å². The lowest BCUT2D eigenvalue weighted by Gasteiger charge is -2.34. The highest BCUT2D eigenvalue weighted by atomic mass is 32.3. The number of hydrogen-bond donors (Lipinski definition) is 1. The molecule has 220 valence electrons. The van der Waals surface area contributed by atoms with Gasteiger partial charge in [-0.15, -0.1) is 5.10 Å². The fraction of sp³-hybridized carbons (Fsp3) is 0.556. The standard InChI is InChI=1S/C27H41N7O4S2/c1-19-16-27(3,4)33(17-19)25-21(26(35)31-40(36,37)22-18-32(5)29-20(22)2)10-11-23(28-25)34-13-12-24(30-34)38-14-9-15-39(6,7)8/h10-13,18-19H,9,14-17H2,1-8H3,(H,31,35)/t19-/m0/s1. The van der Waals surface area contributed by atoms with Gasteiger partial charge in [0.2, 0.25) is 5.88 Å². The SMILES string of the molecule is Cc1nn(C)cc1S(=O)(=O)NC(=O)c1ccc(-n2ccc(OCCCS(C)(C)C)n2)nc1N1C[C@@H](C)CC1(C)C. The molecule has 1 amide bonds. The summed E-state index contributed by atoms with van der Waals surface area (Å²) in [5.41, 5.74) is 0.193. The first-order valence-electron chi connectivity index (χ1n) is 13.3. The molecule has 0 spiro atoms. The minimum absolute atomic E-state index is 0.0439. The molecule has 0 radical (unpaired) electrons. The van der Waals surface area contributed by atoms with Crippen molar-refractivity contribution < 1.29 is 17.9 Å². The molecule has 13 heteroatoms. The van der Waals surface area contributed by atoms with Crippen LogP contribution in [0.4, 0.5) is 5.82 Å². The maximum Gasteiger partial charge on any atom is 0.268 e. The maximum atomic E-state index is 13.5. The van der Waals surface area contributed by atoms with Crippen molar-refractivity contribution in [2.45, 2.75) is 51.0 Å². The Morgan fingerprint density at radius 2 is 1.90 bits per heavy atom. The summed E-state index contributed by atoms with van der Waals surface area (Å²) in [5, 5.41) is 8.63. The average molecular weight is 592 g/mol. The molecule has 1 aliphatic heterocycles. The number of aromatic nitrogens is 5. The molecule has 1 N–H and O–H groups in total. The topological polar surface area (TPSA) is 124 Å². The van der Waals surface area contributed by atoms with E-state index in [1.807, 2.05) is 0 Å². The normalized spacial score (nSPS) is 17.7. The van der Waals surface area contributed by atoms with Crippen LogP contribution in [0.5, 0.6) is 5.88 Å². The predicted octanol–water partition coefficient (Wildman–Crippen LogP) is 3.52. The molecule has 0 saturated carbocycles. The second kappa shape index (κ2) is 11.1. The quantitative estimate of drug-likeness (QED) is 0.355. The third-order valence-electron chi connectivity index (χ3n) is 6.87. The highest BCUT2D eigenvalue weighted by Crippen LogP contribution is 2.38. The van der Waals surface area contributed by atoms with Gasteiger partial charge in [0, 0.05) is 37.6 Å². The number of sulfonamides is 1. The Kier molecular flexibility index (Phi) is 8.28. The lowest BCUT2D eigenvalue weighted by atomic mass is 9.97. The average Bonchev–Trinajstić information content (AvgIpc) is 3.51. The van der Waals surface area contributed by atoms with Gasteiger partial charge in [0.25, 0.3) is 15.9 Å². The van der Waals surface area contributed by atoms with Gasteiger partial charge in [0.05, 0.1) is 17.9 Å². The Bertz CT molecular complexity index is 1490. The van der Waals surface area contributed by atoms with Crippen molar-refractivity contribution in [1.29, 1.82) is 0 Å². The van der Waals surface area contributed by atoms with Gasteiger partial charge >= 0.3 is 0 Å². The fourth-order valence-corrected chi connectivity index (χ4v) is 7.33. The van der Waals surface area contributed by atoms with Crippen LogP contribution in [-0.4, -0.2) is 82.1 Å². The van der Waals surface area contributed by atoms with Gasteiger partial charge in [-0.05, 0) is 76.2 Å². The summed E-state index contributed by atoms with van der Waals surface area (Å²) in [4.78, 5) is 20.3. The van der Waals surface area contributed by atoms with E-state index in [4.69, 9.17) is 9.72 Å². The van der Waals surface area contributed by atoms with Crippen LogP contribution >= 0.6 is 10.0 Å². The molecule has 0 aromatic carbocycles. The molecule has 40 heavy (non-hydrogen) atoms. The molecule has 1 aliphatic rings. The zero-order valence-electron chi connectivity index (χ0n) is 24.6. The Labute approximate surface area is 238 Å². The fourth-order valence-electron chi connectivity index (χ4n) is 5.16. The van der Waals surface area contributed by atoms with Crippen LogP contribution in [0.25, 0.3) is 5.82 Å². The molecule has 3 aromatic rings. The summed E-state index contributed by atoms with van der Waals surface area (Å²) < 4.78 is 37.2. The van der Waals surface area contributed by atoms with E-state index >= 15 is 0 Å². The first-order chi connectivity index (χ1) is 18.6. The monoisotopic (exact) mass is 591 g/mol. The molecule has 0 bridgehead atoms. The number of anilines is 1. The maximum absolute atomic E-state index is 13.5. The number of hydrogen-bond acceptors (Lipinski definition) is 8. The zero-order valence-corrected chi connectivity index (χ0v) is 26.3. The Hall–Kier alpha value is -3.06. The molecule has 0 unspecified atom stereocenters. The lowest BCUT2D eigenvalue weighted by Crippen LogP contribution is -2.41. The molecular formula is C27H41N7O4S2. The Morgan fingerprint density at radius 3 is 2.50 bits per heavy atom. The number of amides is 1. The third-order valence-corrected chi connectivity index (χ3v) is 9.82. The first kappa shape index (κ1) is 29.9. The highest BCUT2D eigenvalue weighted by Gasteiger charge is 2.39. The number of nitrogens with zero attached hydrogens (tertiary/aromatic N) is 6.